The predicted molar refractivity (Wildman–Crippen MR) is 96.3 cm³/mol. The fourth-order valence-corrected chi connectivity index (χ4v) is 2.56. The van der Waals surface area contributed by atoms with Crippen molar-refractivity contribution in [2.75, 3.05) is 13.6 Å². The highest BCUT2D eigenvalue weighted by atomic mass is 35.5. The summed E-state index contributed by atoms with van der Waals surface area (Å²) in [6.07, 6.45) is 0.216. The molecule has 6 heteroatoms. The number of carbonyl (C=O) groups excluding carboxylic acids is 2. The van der Waals surface area contributed by atoms with Crippen LogP contribution in [0, 0.1) is 0 Å². The Bertz CT molecular complexity index is 720. The summed E-state index contributed by atoms with van der Waals surface area (Å²) < 4.78 is 0. The molecule has 0 spiro atoms. The van der Waals surface area contributed by atoms with Gasteiger partial charge >= 0.3 is 0 Å². The van der Waals surface area contributed by atoms with Crippen molar-refractivity contribution in [1.82, 2.24) is 10.2 Å². The zero-order valence-corrected chi connectivity index (χ0v) is 14.8. The molecule has 0 saturated heterocycles. The number of rotatable bonds is 6. The van der Waals surface area contributed by atoms with E-state index in [1.54, 1.807) is 48.3 Å². The smallest absolute Gasteiger partial charge is 0.251 e. The van der Waals surface area contributed by atoms with Crippen LogP contribution in [0.2, 0.25) is 10.0 Å². The molecule has 0 heterocycles. The second kappa shape index (κ2) is 8.71. The van der Waals surface area contributed by atoms with Crippen LogP contribution in [0.3, 0.4) is 0 Å². The molecule has 0 atom stereocenters. The summed E-state index contributed by atoms with van der Waals surface area (Å²) in [5, 5.41) is 3.65. The van der Waals surface area contributed by atoms with Gasteiger partial charge in [0, 0.05) is 32.1 Å². The normalized spacial score (nSPS) is 10.3. The van der Waals surface area contributed by atoms with Crippen molar-refractivity contribution >= 4 is 35.0 Å². The van der Waals surface area contributed by atoms with Crippen LogP contribution in [0.5, 0.6) is 0 Å². The van der Waals surface area contributed by atoms with Gasteiger partial charge in [-0.2, -0.15) is 0 Å². The molecule has 0 aliphatic heterocycles. The highest BCUT2D eigenvalue weighted by Gasteiger charge is 2.13. The molecule has 2 rings (SSSR count). The molecular formula is C18H18Cl2N2O2. The van der Waals surface area contributed by atoms with Crippen LogP contribution in [-0.2, 0) is 11.3 Å². The molecule has 0 aromatic heterocycles. The Morgan fingerprint density at radius 2 is 1.75 bits per heavy atom. The van der Waals surface area contributed by atoms with Crippen molar-refractivity contribution in [2.24, 2.45) is 0 Å². The fraction of sp³-hybridized carbons (Fsp3) is 0.222. The molecule has 24 heavy (non-hydrogen) atoms. The average Bonchev–Trinajstić information content (AvgIpc) is 2.59. The lowest BCUT2D eigenvalue weighted by Gasteiger charge is -2.18. The van der Waals surface area contributed by atoms with E-state index in [-0.39, 0.29) is 24.8 Å². The fourth-order valence-electron chi connectivity index (χ4n) is 2.18. The summed E-state index contributed by atoms with van der Waals surface area (Å²) in [4.78, 5) is 25.6. The van der Waals surface area contributed by atoms with E-state index in [1.165, 1.54) is 0 Å². The van der Waals surface area contributed by atoms with Crippen LogP contribution in [0.25, 0.3) is 0 Å². The maximum atomic E-state index is 12.2. The molecule has 2 aromatic carbocycles. The van der Waals surface area contributed by atoms with Crippen molar-refractivity contribution in [3.05, 3.63) is 69.7 Å². The first kappa shape index (κ1) is 18.3. The molecule has 0 aliphatic carbocycles. The van der Waals surface area contributed by atoms with Gasteiger partial charge in [0.05, 0.1) is 10.0 Å². The molecular weight excluding hydrogens is 347 g/mol. The van der Waals surface area contributed by atoms with E-state index in [9.17, 15) is 9.59 Å². The Hall–Kier alpha value is -2.04. The van der Waals surface area contributed by atoms with Gasteiger partial charge in [0.2, 0.25) is 5.91 Å². The third-order valence-corrected chi connectivity index (χ3v) is 4.38. The lowest BCUT2D eigenvalue weighted by molar-refractivity contribution is -0.130. The Morgan fingerprint density at radius 3 is 2.46 bits per heavy atom. The molecule has 0 unspecified atom stereocenters. The van der Waals surface area contributed by atoms with Crippen LogP contribution in [0.4, 0.5) is 0 Å². The minimum Gasteiger partial charge on any atom is -0.352 e. The molecule has 0 radical (unpaired) electrons. The molecule has 4 nitrogen and oxygen atoms in total. The summed E-state index contributed by atoms with van der Waals surface area (Å²) >= 11 is 12.1. The van der Waals surface area contributed by atoms with E-state index in [1.807, 2.05) is 12.1 Å². The molecule has 0 fully saturated rings. The summed E-state index contributed by atoms with van der Waals surface area (Å²) in [7, 11) is 1.69. The van der Waals surface area contributed by atoms with Gasteiger partial charge in [-0.05, 0) is 23.8 Å². The van der Waals surface area contributed by atoms with E-state index < -0.39 is 0 Å². The third-order valence-electron chi connectivity index (χ3n) is 3.53. The summed E-state index contributed by atoms with van der Waals surface area (Å²) in [6, 6.07) is 14.2. The van der Waals surface area contributed by atoms with Crippen molar-refractivity contribution in [3.8, 4) is 0 Å². The number of hydrogen-bond acceptors (Lipinski definition) is 2. The number of amides is 2. The first-order valence-electron chi connectivity index (χ1n) is 7.49. The molecule has 2 aromatic rings. The summed E-state index contributed by atoms with van der Waals surface area (Å²) in [5.74, 6) is -0.275. The maximum absolute atomic E-state index is 12.2. The van der Waals surface area contributed by atoms with Crippen LogP contribution >= 0.6 is 23.2 Å². The van der Waals surface area contributed by atoms with Crippen molar-refractivity contribution < 1.29 is 9.59 Å². The van der Waals surface area contributed by atoms with E-state index >= 15 is 0 Å². The molecule has 0 aliphatic rings. The minimum atomic E-state index is -0.191. The highest BCUT2D eigenvalue weighted by molar-refractivity contribution is 6.42. The van der Waals surface area contributed by atoms with Gasteiger partial charge in [0.1, 0.15) is 0 Å². The maximum Gasteiger partial charge on any atom is 0.251 e. The van der Waals surface area contributed by atoms with Gasteiger partial charge in [0.15, 0.2) is 0 Å². The quantitative estimate of drug-likeness (QED) is 0.847. The number of nitrogens with one attached hydrogen (secondary N) is 1. The standard InChI is InChI=1S/C18H18Cl2N2O2/c1-22(12-14-8-5-9-15(19)17(14)20)16(23)10-11-21-18(24)13-6-3-2-4-7-13/h2-9H,10-12H2,1H3,(H,21,24). The lowest BCUT2D eigenvalue weighted by Crippen LogP contribution is -2.31. The van der Waals surface area contributed by atoms with E-state index in [0.717, 1.165) is 5.56 Å². The van der Waals surface area contributed by atoms with Crippen LogP contribution in [0.15, 0.2) is 48.5 Å². The summed E-state index contributed by atoms with van der Waals surface area (Å²) in [6.45, 7) is 0.644. The molecule has 2 amide bonds. The Morgan fingerprint density at radius 1 is 1.04 bits per heavy atom. The van der Waals surface area contributed by atoms with Gasteiger partial charge in [-0.15, -0.1) is 0 Å². The van der Waals surface area contributed by atoms with Gasteiger partial charge < -0.3 is 10.2 Å². The zero-order chi connectivity index (χ0) is 17.5. The van der Waals surface area contributed by atoms with E-state index in [0.29, 0.717) is 22.2 Å². The number of hydrogen-bond donors (Lipinski definition) is 1. The molecule has 0 saturated carbocycles. The first-order valence-corrected chi connectivity index (χ1v) is 8.24. The largest absolute Gasteiger partial charge is 0.352 e. The number of nitrogens with zero attached hydrogens (tertiary/aromatic N) is 1. The van der Waals surface area contributed by atoms with Crippen molar-refractivity contribution in [1.29, 1.82) is 0 Å². The van der Waals surface area contributed by atoms with Crippen LogP contribution in [-0.4, -0.2) is 30.3 Å². The van der Waals surface area contributed by atoms with Crippen LogP contribution in [0.1, 0.15) is 22.3 Å². The van der Waals surface area contributed by atoms with Gasteiger partial charge in [-0.25, -0.2) is 0 Å². The van der Waals surface area contributed by atoms with E-state index in [2.05, 4.69) is 5.32 Å². The van der Waals surface area contributed by atoms with Crippen molar-refractivity contribution in [2.45, 2.75) is 13.0 Å². The number of carbonyl (C=O) groups is 2. The monoisotopic (exact) mass is 364 g/mol. The first-order chi connectivity index (χ1) is 11.5. The molecule has 126 valence electrons. The number of benzene rings is 2. The van der Waals surface area contributed by atoms with Gasteiger partial charge in [0.25, 0.3) is 5.91 Å². The van der Waals surface area contributed by atoms with Crippen molar-refractivity contribution in [3.63, 3.8) is 0 Å². The topological polar surface area (TPSA) is 49.4 Å². The SMILES string of the molecule is CN(Cc1cccc(Cl)c1Cl)C(=O)CCNC(=O)c1ccccc1. The summed E-state index contributed by atoms with van der Waals surface area (Å²) in [5.41, 5.74) is 1.36. The number of halogens is 2. The highest BCUT2D eigenvalue weighted by Crippen LogP contribution is 2.26. The second-order valence-corrected chi connectivity index (χ2v) is 6.12. The molecule has 1 N–H and O–H groups in total. The van der Waals surface area contributed by atoms with Gasteiger partial charge in [-0.1, -0.05) is 53.5 Å². The Balaban J connectivity index is 1.82. The van der Waals surface area contributed by atoms with E-state index in [4.69, 9.17) is 23.2 Å². The van der Waals surface area contributed by atoms with Gasteiger partial charge in [-0.3, -0.25) is 9.59 Å². The lowest BCUT2D eigenvalue weighted by atomic mass is 10.2. The zero-order valence-electron chi connectivity index (χ0n) is 13.3. The Kier molecular flexibility index (Phi) is 6.64. The second-order valence-electron chi connectivity index (χ2n) is 5.33. The molecule has 0 bridgehead atoms. The Labute approximate surface area is 151 Å². The van der Waals surface area contributed by atoms with Crippen LogP contribution < -0.4 is 5.32 Å². The average molecular weight is 365 g/mol. The third kappa shape index (κ3) is 4.98. The predicted octanol–water partition coefficient (Wildman–Crippen LogP) is 3.77. The minimum absolute atomic E-state index is 0.0839.